The molecule has 0 saturated heterocycles. The highest BCUT2D eigenvalue weighted by atomic mass is 16.5. The van der Waals surface area contributed by atoms with Gasteiger partial charge in [0.05, 0.1) is 24.2 Å². The zero-order chi connectivity index (χ0) is 23.8. The molecule has 188 valence electrons. The van der Waals surface area contributed by atoms with Crippen LogP contribution in [-0.2, 0) is 6.42 Å². The molecule has 3 nitrogen and oxygen atoms in total. The third kappa shape index (κ3) is 9.76. The van der Waals surface area contributed by atoms with Crippen LogP contribution < -0.4 is 4.74 Å². The van der Waals surface area contributed by atoms with E-state index in [0.29, 0.717) is 0 Å². The van der Waals surface area contributed by atoms with E-state index in [4.69, 9.17) is 4.74 Å². The summed E-state index contributed by atoms with van der Waals surface area (Å²) in [5.74, 6) is 2.89. The summed E-state index contributed by atoms with van der Waals surface area (Å²) >= 11 is 0. The summed E-state index contributed by atoms with van der Waals surface area (Å²) < 4.78 is 6.03. The number of nitrogens with zero attached hydrogens (tertiary/aromatic N) is 2. The number of unbranched alkanes of at least 4 members (excludes halogenated alkanes) is 6. The highest BCUT2D eigenvalue weighted by molar-refractivity contribution is 5.58. The molecule has 0 radical (unpaired) electrons. The lowest BCUT2D eigenvalue weighted by atomic mass is 9.78. The Kier molecular flexibility index (Phi) is 12.5. The van der Waals surface area contributed by atoms with Crippen LogP contribution in [0.2, 0.25) is 0 Å². The molecule has 1 heterocycles. The number of aryl methyl sites for hydroxylation is 1. The van der Waals surface area contributed by atoms with E-state index in [9.17, 15) is 0 Å². The highest BCUT2D eigenvalue weighted by Crippen LogP contribution is 2.34. The van der Waals surface area contributed by atoms with Crippen LogP contribution in [0.5, 0.6) is 5.75 Å². The maximum absolute atomic E-state index is 6.03. The van der Waals surface area contributed by atoms with Crippen molar-refractivity contribution in [1.82, 2.24) is 9.97 Å². The quantitative estimate of drug-likeness (QED) is 0.232. The van der Waals surface area contributed by atoms with Crippen molar-refractivity contribution >= 4 is 0 Å². The van der Waals surface area contributed by atoms with E-state index >= 15 is 0 Å². The average Bonchev–Trinajstić information content (AvgIpc) is 2.88. The highest BCUT2D eigenvalue weighted by Gasteiger charge is 2.20. The van der Waals surface area contributed by atoms with Crippen LogP contribution in [-0.4, -0.2) is 16.6 Å². The normalized spacial score (nSPS) is 18.2. The summed E-state index contributed by atoms with van der Waals surface area (Å²) in [6.45, 7) is 5.38. The summed E-state index contributed by atoms with van der Waals surface area (Å²) in [5.41, 5.74) is 3.14. The largest absolute Gasteiger partial charge is 0.494 e. The molecular formula is C31H48N2O. The molecule has 1 aromatic heterocycles. The van der Waals surface area contributed by atoms with Gasteiger partial charge in [0, 0.05) is 11.8 Å². The van der Waals surface area contributed by atoms with Crippen LogP contribution in [0, 0.1) is 11.8 Å². The summed E-state index contributed by atoms with van der Waals surface area (Å²) in [6.07, 6.45) is 25.3. The lowest BCUT2D eigenvalue weighted by Crippen LogP contribution is -2.15. The van der Waals surface area contributed by atoms with Crippen molar-refractivity contribution in [2.24, 2.45) is 11.8 Å². The van der Waals surface area contributed by atoms with Gasteiger partial charge in [-0.25, -0.2) is 0 Å². The van der Waals surface area contributed by atoms with Gasteiger partial charge in [-0.3, -0.25) is 9.97 Å². The van der Waals surface area contributed by atoms with Gasteiger partial charge in [0.2, 0.25) is 0 Å². The molecule has 1 saturated carbocycles. The Morgan fingerprint density at radius 1 is 0.706 bits per heavy atom. The van der Waals surface area contributed by atoms with E-state index in [0.717, 1.165) is 54.0 Å². The summed E-state index contributed by atoms with van der Waals surface area (Å²) in [6, 6.07) is 8.34. The zero-order valence-electron chi connectivity index (χ0n) is 21.9. The van der Waals surface area contributed by atoms with Crippen molar-refractivity contribution < 1.29 is 4.74 Å². The summed E-state index contributed by atoms with van der Waals surface area (Å²) in [5, 5.41) is 0. The maximum atomic E-state index is 6.03. The number of hydrogen-bond acceptors (Lipinski definition) is 3. The Bertz CT molecular complexity index is 763. The number of ether oxygens (including phenoxy) is 1. The SMILES string of the molecule is CCCCCCCc1cnc(-c2ccc(OCCC[C@H]3CC[C@H](CCCCC)CC3)cc2)cn1. The van der Waals surface area contributed by atoms with Crippen LogP contribution >= 0.6 is 0 Å². The molecule has 0 aliphatic heterocycles. The molecule has 1 aliphatic rings. The lowest BCUT2D eigenvalue weighted by molar-refractivity contribution is 0.228. The van der Waals surface area contributed by atoms with Gasteiger partial charge < -0.3 is 4.74 Å². The van der Waals surface area contributed by atoms with Crippen molar-refractivity contribution in [2.45, 2.75) is 117 Å². The first-order valence-electron chi connectivity index (χ1n) is 14.3. The van der Waals surface area contributed by atoms with Gasteiger partial charge in [-0.15, -0.1) is 0 Å². The van der Waals surface area contributed by atoms with Gasteiger partial charge in [0.25, 0.3) is 0 Å². The first-order chi connectivity index (χ1) is 16.8. The van der Waals surface area contributed by atoms with Gasteiger partial charge in [0.15, 0.2) is 0 Å². The van der Waals surface area contributed by atoms with Crippen molar-refractivity contribution in [2.75, 3.05) is 6.61 Å². The molecule has 0 bridgehead atoms. The monoisotopic (exact) mass is 464 g/mol. The molecular weight excluding hydrogens is 416 g/mol. The number of aromatic nitrogens is 2. The van der Waals surface area contributed by atoms with Gasteiger partial charge in [-0.1, -0.05) is 90.9 Å². The van der Waals surface area contributed by atoms with Crippen LogP contribution in [0.15, 0.2) is 36.7 Å². The molecule has 0 N–H and O–H groups in total. The first kappa shape index (κ1) is 26.7. The second-order valence-electron chi connectivity index (χ2n) is 10.5. The van der Waals surface area contributed by atoms with Crippen molar-refractivity contribution in [3.8, 4) is 17.0 Å². The molecule has 1 aliphatic carbocycles. The molecule has 3 rings (SSSR count). The average molecular weight is 465 g/mol. The molecule has 0 amide bonds. The minimum Gasteiger partial charge on any atom is -0.494 e. The Morgan fingerprint density at radius 2 is 1.35 bits per heavy atom. The predicted molar refractivity (Wildman–Crippen MR) is 144 cm³/mol. The van der Waals surface area contributed by atoms with Crippen LogP contribution in [0.3, 0.4) is 0 Å². The zero-order valence-corrected chi connectivity index (χ0v) is 21.9. The van der Waals surface area contributed by atoms with E-state index in [-0.39, 0.29) is 0 Å². The van der Waals surface area contributed by atoms with E-state index in [1.54, 1.807) is 0 Å². The van der Waals surface area contributed by atoms with Crippen molar-refractivity contribution in [1.29, 1.82) is 0 Å². The Labute approximate surface area is 209 Å². The first-order valence-corrected chi connectivity index (χ1v) is 14.3. The molecule has 0 spiro atoms. The third-order valence-corrected chi connectivity index (χ3v) is 7.60. The van der Waals surface area contributed by atoms with Crippen molar-refractivity contribution in [3.05, 3.63) is 42.4 Å². The van der Waals surface area contributed by atoms with Crippen LogP contribution in [0.25, 0.3) is 11.3 Å². The molecule has 2 aromatic rings. The van der Waals surface area contributed by atoms with E-state index in [1.165, 1.54) is 89.9 Å². The minimum absolute atomic E-state index is 0.822. The molecule has 1 fully saturated rings. The maximum Gasteiger partial charge on any atom is 0.119 e. The number of benzene rings is 1. The standard InChI is InChI=1S/C31H48N2O/c1-3-5-7-8-10-14-29-24-33-31(25-32-29)28-19-21-30(22-20-28)34-23-11-13-27-17-15-26(16-18-27)12-9-6-4-2/h19-22,24-27H,3-18,23H2,1-2H3/t26-,27-. The fourth-order valence-corrected chi connectivity index (χ4v) is 5.32. The Morgan fingerprint density at radius 3 is 2.00 bits per heavy atom. The summed E-state index contributed by atoms with van der Waals surface area (Å²) in [7, 11) is 0. The fourth-order valence-electron chi connectivity index (χ4n) is 5.32. The second-order valence-corrected chi connectivity index (χ2v) is 10.5. The van der Waals surface area contributed by atoms with E-state index in [2.05, 4.69) is 48.1 Å². The molecule has 1 aromatic carbocycles. The van der Waals surface area contributed by atoms with Crippen molar-refractivity contribution in [3.63, 3.8) is 0 Å². The minimum atomic E-state index is 0.822. The lowest BCUT2D eigenvalue weighted by Gasteiger charge is -2.28. The molecule has 0 unspecified atom stereocenters. The Hall–Kier alpha value is -1.90. The van der Waals surface area contributed by atoms with Gasteiger partial charge >= 0.3 is 0 Å². The Balaban J connectivity index is 1.31. The number of rotatable bonds is 16. The predicted octanol–water partition coefficient (Wildman–Crippen LogP) is 9.20. The van der Waals surface area contributed by atoms with Crippen LogP contribution in [0.4, 0.5) is 0 Å². The van der Waals surface area contributed by atoms with Crippen LogP contribution in [0.1, 0.15) is 116 Å². The topological polar surface area (TPSA) is 35.0 Å². The molecule has 3 heteroatoms. The van der Waals surface area contributed by atoms with Gasteiger partial charge in [0.1, 0.15) is 5.75 Å². The van der Waals surface area contributed by atoms with Gasteiger partial charge in [-0.05, 0) is 61.8 Å². The second kappa shape index (κ2) is 15.9. The summed E-state index contributed by atoms with van der Waals surface area (Å²) in [4.78, 5) is 9.27. The van der Waals surface area contributed by atoms with E-state index in [1.807, 2.05) is 12.4 Å². The number of hydrogen-bond donors (Lipinski definition) is 0. The fraction of sp³-hybridized carbons (Fsp3) is 0.677. The third-order valence-electron chi connectivity index (χ3n) is 7.60. The smallest absolute Gasteiger partial charge is 0.119 e. The molecule has 0 atom stereocenters. The van der Waals surface area contributed by atoms with Gasteiger partial charge in [-0.2, -0.15) is 0 Å². The van der Waals surface area contributed by atoms with E-state index < -0.39 is 0 Å². The molecule has 34 heavy (non-hydrogen) atoms.